The van der Waals surface area contributed by atoms with E-state index in [0.717, 1.165) is 44.7 Å². The molecule has 1 atom stereocenters. The van der Waals surface area contributed by atoms with Gasteiger partial charge in [0.2, 0.25) is 0 Å². The summed E-state index contributed by atoms with van der Waals surface area (Å²) in [6.07, 6.45) is 6.55. The number of hydrogen-bond acceptors (Lipinski definition) is 3. The van der Waals surface area contributed by atoms with E-state index in [-0.39, 0.29) is 0 Å². The minimum absolute atomic E-state index is 0.407. The molecule has 3 aromatic rings. The Labute approximate surface area is 147 Å². The fourth-order valence-electron chi connectivity index (χ4n) is 4.19. The smallest absolute Gasteiger partial charge is 0.0959 e. The Balaban J connectivity index is 1.56. The highest BCUT2D eigenvalue weighted by atomic mass is 16.5. The Bertz CT molecular complexity index is 874. The molecular formula is C20H22N4O. The lowest BCUT2D eigenvalue weighted by molar-refractivity contribution is 0.193. The molecular weight excluding hydrogens is 312 g/mol. The first kappa shape index (κ1) is 14.9. The molecule has 1 aliphatic heterocycles. The Hall–Kier alpha value is -2.40. The van der Waals surface area contributed by atoms with E-state index in [1.54, 1.807) is 0 Å². The standard InChI is InChI=1S/C20H22N4O/c1-2-5-14(6-3-1)19-20(15-9-10-25-12-15)24(13-21-19)11-18-16-7-4-8-17(16)22-23-18/h1-3,5-6,13,15H,4,7-12H2,(H,22,23). The summed E-state index contributed by atoms with van der Waals surface area (Å²) < 4.78 is 7.96. The summed E-state index contributed by atoms with van der Waals surface area (Å²) in [7, 11) is 0. The zero-order valence-corrected chi connectivity index (χ0v) is 14.2. The van der Waals surface area contributed by atoms with Crippen molar-refractivity contribution in [2.45, 2.75) is 38.1 Å². The van der Waals surface area contributed by atoms with E-state index >= 15 is 0 Å². The second kappa shape index (κ2) is 6.15. The van der Waals surface area contributed by atoms with Gasteiger partial charge in [-0.2, -0.15) is 5.10 Å². The molecule has 5 rings (SSSR count). The number of imidazole rings is 1. The molecule has 0 spiro atoms. The van der Waals surface area contributed by atoms with Crippen LogP contribution in [0.1, 0.15) is 41.4 Å². The normalized spacial score (nSPS) is 19.4. The van der Waals surface area contributed by atoms with Crippen LogP contribution in [0, 0.1) is 0 Å². The molecule has 1 aliphatic carbocycles. The third-order valence-electron chi connectivity index (χ3n) is 5.45. The highest BCUT2D eigenvalue weighted by Crippen LogP contribution is 2.34. The quantitative estimate of drug-likeness (QED) is 0.796. The van der Waals surface area contributed by atoms with Crippen molar-refractivity contribution in [3.63, 3.8) is 0 Å². The van der Waals surface area contributed by atoms with Crippen LogP contribution in [0.3, 0.4) is 0 Å². The van der Waals surface area contributed by atoms with Crippen molar-refractivity contribution in [2.24, 2.45) is 0 Å². The molecule has 128 valence electrons. The third kappa shape index (κ3) is 2.59. The zero-order valence-electron chi connectivity index (χ0n) is 14.2. The number of rotatable bonds is 4. The molecule has 0 amide bonds. The van der Waals surface area contributed by atoms with E-state index in [1.807, 2.05) is 12.4 Å². The first-order valence-corrected chi connectivity index (χ1v) is 9.13. The average Bonchev–Trinajstić information content (AvgIpc) is 3.42. The van der Waals surface area contributed by atoms with Gasteiger partial charge in [-0.3, -0.25) is 5.10 Å². The number of aromatic amines is 1. The summed E-state index contributed by atoms with van der Waals surface area (Å²) in [5, 5.41) is 7.80. The summed E-state index contributed by atoms with van der Waals surface area (Å²) in [5.74, 6) is 0.407. The number of nitrogens with one attached hydrogen (secondary N) is 1. The topological polar surface area (TPSA) is 55.7 Å². The van der Waals surface area contributed by atoms with Gasteiger partial charge in [-0.05, 0) is 31.2 Å². The number of nitrogens with zero attached hydrogens (tertiary/aromatic N) is 3. The predicted molar refractivity (Wildman–Crippen MR) is 95.6 cm³/mol. The Morgan fingerprint density at radius 2 is 2.12 bits per heavy atom. The van der Waals surface area contributed by atoms with Gasteiger partial charge in [-0.1, -0.05) is 30.3 Å². The van der Waals surface area contributed by atoms with Gasteiger partial charge in [-0.25, -0.2) is 4.98 Å². The molecule has 2 aromatic heterocycles. The maximum absolute atomic E-state index is 5.67. The second-order valence-corrected chi connectivity index (χ2v) is 7.01. The fourth-order valence-corrected chi connectivity index (χ4v) is 4.19. The van der Waals surface area contributed by atoms with Crippen molar-refractivity contribution >= 4 is 0 Å². The van der Waals surface area contributed by atoms with E-state index < -0.39 is 0 Å². The van der Waals surface area contributed by atoms with Gasteiger partial charge >= 0.3 is 0 Å². The van der Waals surface area contributed by atoms with Gasteiger partial charge in [0, 0.05) is 23.8 Å². The van der Waals surface area contributed by atoms with E-state index in [9.17, 15) is 0 Å². The highest BCUT2D eigenvalue weighted by molar-refractivity contribution is 5.62. The van der Waals surface area contributed by atoms with Crippen molar-refractivity contribution < 1.29 is 4.74 Å². The van der Waals surface area contributed by atoms with Crippen LogP contribution in [-0.4, -0.2) is 33.0 Å². The van der Waals surface area contributed by atoms with Crippen molar-refractivity contribution in [3.05, 3.63) is 59.3 Å². The van der Waals surface area contributed by atoms with Crippen molar-refractivity contribution in [1.29, 1.82) is 0 Å². The predicted octanol–water partition coefficient (Wildman–Crippen LogP) is 3.31. The number of aryl methyl sites for hydroxylation is 1. The molecule has 1 fully saturated rings. The van der Waals surface area contributed by atoms with Gasteiger partial charge in [0.15, 0.2) is 0 Å². The molecule has 0 radical (unpaired) electrons. The highest BCUT2D eigenvalue weighted by Gasteiger charge is 2.27. The molecule has 0 saturated carbocycles. The van der Waals surface area contributed by atoms with E-state index in [4.69, 9.17) is 9.72 Å². The minimum Gasteiger partial charge on any atom is -0.381 e. The van der Waals surface area contributed by atoms with Crippen LogP contribution in [0.2, 0.25) is 0 Å². The van der Waals surface area contributed by atoms with Gasteiger partial charge in [0.25, 0.3) is 0 Å². The SMILES string of the molecule is c1ccc(-c2ncn(Cc3n[nH]c4c3CCC4)c2C2CCOC2)cc1. The second-order valence-electron chi connectivity index (χ2n) is 7.01. The van der Waals surface area contributed by atoms with Crippen LogP contribution in [0.15, 0.2) is 36.7 Å². The van der Waals surface area contributed by atoms with Gasteiger partial charge in [0.05, 0.1) is 36.6 Å². The molecule has 2 aliphatic rings. The molecule has 3 heterocycles. The number of benzene rings is 1. The molecule has 5 nitrogen and oxygen atoms in total. The summed E-state index contributed by atoms with van der Waals surface area (Å²) in [4.78, 5) is 4.77. The molecule has 5 heteroatoms. The van der Waals surface area contributed by atoms with Gasteiger partial charge in [0.1, 0.15) is 0 Å². The zero-order chi connectivity index (χ0) is 16.6. The van der Waals surface area contributed by atoms with Crippen molar-refractivity contribution in [1.82, 2.24) is 19.7 Å². The fraction of sp³-hybridized carbons (Fsp3) is 0.400. The van der Waals surface area contributed by atoms with Gasteiger partial charge < -0.3 is 9.30 Å². The van der Waals surface area contributed by atoms with Crippen LogP contribution < -0.4 is 0 Å². The molecule has 25 heavy (non-hydrogen) atoms. The summed E-state index contributed by atoms with van der Waals surface area (Å²) in [6.45, 7) is 2.41. The van der Waals surface area contributed by atoms with E-state index in [1.165, 1.54) is 34.6 Å². The molecule has 1 unspecified atom stereocenters. The number of ether oxygens (including phenoxy) is 1. The first-order chi connectivity index (χ1) is 12.4. The van der Waals surface area contributed by atoms with Crippen LogP contribution in [0.5, 0.6) is 0 Å². The average molecular weight is 334 g/mol. The minimum atomic E-state index is 0.407. The van der Waals surface area contributed by atoms with Crippen LogP contribution >= 0.6 is 0 Å². The van der Waals surface area contributed by atoms with E-state index in [2.05, 4.69) is 39.0 Å². The maximum Gasteiger partial charge on any atom is 0.0959 e. The largest absolute Gasteiger partial charge is 0.381 e. The Morgan fingerprint density at radius 1 is 1.20 bits per heavy atom. The third-order valence-corrected chi connectivity index (χ3v) is 5.45. The lowest BCUT2D eigenvalue weighted by Crippen LogP contribution is -2.11. The molecule has 1 N–H and O–H groups in total. The molecule has 0 bridgehead atoms. The molecule has 1 saturated heterocycles. The van der Waals surface area contributed by atoms with Crippen LogP contribution in [0.25, 0.3) is 11.3 Å². The summed E-state index contributed by atoms with van der Waals surface area (Å²) in [5.41, 5.74) is 7.47. The summed E-state index contributed by atoms with van der Waals surface area (Å²) in [6, 6.07) is 10.5. The summed E-state index contributed by atoms with van der Waals surface area (Å²) >= 11 is 0. The van der Waals surface area contributed by atoms with E-state index in [0.29, 0.717) is 5.92 Å². The first-order valence-electron chi connectivity index (χ1n) is 9.13. The number of aromatic nitrogens is 4. The van der Waals surface area contributed by atoms with Crippen molar-refractivity contribution in [3.8, 4) is 11.3 Å². The number of fused-ring (bicyclic) bond motifs is 1. The number of H-pyrrole nitrogens is 1. The Kier molecular flexibility index (Phi) is 3.67. The molecule has 1 aromatic carbocycles. The lowest BCUT2D eigenvalue weighted by atomic mass is 9.99. The van der Waals surface area contributed by atoms with Crippen LogP contribution in [-0.2, 0) is 24.1 Å². The lowest BCUT2D eigenvalue weighted by Gasteiger charge is -2.14. The monoisotopic (exact) mass is 334 g/mol. The number of hydrogen-bond donors (Lipinski definition) is 1. The van der Waals surface area contributed by atoms with Crippen LogP contribution in [0.4, 0.5) is 0 Å². The maximum atomic E-state index is 5.67. The Morgan fingerprint density at radius 3 is 2.96 bits per heavy atom. The van der Waals surface area contributed by atoms with Crippen molar-refractivity contribution in [2.75, 3.05) is 13.2 Å². The van der Waals surface area contributed by atoms with Gasteiger partial charge in [-0.15, -0.1) is 0 Å².